The molecule has 0 spiro atoms. The topological polar surface area (TPSA) is 3.24 Å². The van der Waals surface area contributed by atoms with Gasteiger partial charge in [-0.3, -0.25) is 0 Å². The molecule has 1 aromatic carbocycles. The number of nitrogens with zero attached hydrogens (tertiary/aromatic N) is 1. The number of piperidine rings is 1. The van der Waals surface area contributed by atoms with Crippen molar-refractivity contribution < 1.29 is 4.39 Å². The number of rotatable bonds is 3. The summed E-state index contributed by atoms with van der Waals surface area (Å²) in [6.07, 6.45) is 6.35. The van der Waals surface area contributed by atoms with Gasteiger partial charge in [-0.05, 0) is 49.9 Å². The summed E-state index contributed by atoms with van der Waals surface area (Å²) in [5.41, 5.74) is 1.18. The van der Waals surface area contributed by atoms with Gasteiger partial charge in [0.1, 0.15) is 5.82 Å². The second-order valence-corrected chi connectivity index (χ2v) is 4.61. The molecule has 1 atom stereocenters. The fourth-order valence-electron chi connectivity index (χ4n) is 2.61. The summed E-state index contributed by atoms with van der Waals surface area (Å²) in [6, 6.07) is 7.59. The maximum atomic E-state index is 12.9. The van der Waals surface area contributed by atoms with Gasteiger partial charge in [0.05, 0.1) is 0 Å². The molecule has 1 saturated heterocycles. The normalized spacial score (nSPS) is 21.1. The summed E-state index contributed by atoms with van der Waals surface area (Å²) in [5.74, 6) is -0.146. The first-order valence-electron chi connectivity index (χ1n) is 6.33. The van der Waals surface area contributed by atoms with Gasteiger partial charge in [-0.1, -0.05) is 13.3 Å². The molecule has 1 nitrogen and oxygen atoms in total. The molecule has 16 heavy (non-hydrogen) atoms. The van der Waals surface area contributed by atoms with Crippen molar-refractivity contribution in [1.82, 2.24) is 0 Å². The Labute approximate surface area is 97.3 Å². The summed E-state index contributed by atoms with van der Waals surface area (Å²) in [6.45, 7) is 3.35. The molecular formula is C14H20FN. The van der Waals surface area contributed by atoms with Gasteiger partial charge in [0.25, 0.3) is 0 Å². The average molecular weight is 221 g/mol. The van der Waals surface area contributed by atoms with E-state index in [1.54, 1.807) is 12.1 Å². The number of hydrogen-bond acceptors (Lipinski definition) is 1. The highest BCUT2D eigenvalue weighted by Gasteiger charge is 2.21. The summed E-state index contributed by atoms with van der Waals surface area (Å²) in [4.78, 5) is 2.45. The minimum absolute atomic E-state index is 0.146. The zero-order valence-electron chi connectivity index (χ0n) is 9.95. The van der Waals surface area contributed by atoms with Crippen molar-refractivity contribution in [2.24, 2.45) is 0 Å². The van der Waals surface area contributed by atoms with Gasteiger partial charge in [0.2, 0.25) is 0 Å². The summed E-state index contributed by atoms with van der Waals surface area (Å²) in [5, 5.41) is 0. The maximum Gasteiger partial charge on any atom is 0.123 e. The van der Waals surface area contributed by atoms with Gasteiger partial charge in [-0.15, -0.1) is 0 Å². The van der Waals surface area contributed by atoms with E-state index >= 15 is 0 Å². The molecule has 0 amide bonds. The van der Waals surface area contributed by atoms with Crippen LogP contribution >= 0.6 is 0 Å². The predicted octanol–water partition coefficient (Wildman–Crippen LogP) is 3.98. The lowest BCUT2D eigenvalue weighted by Crippen LogP contribution is -2.39. The second-order valence-electron chi connectivity index (χ2n) is 4.61. The van der Waals surface area contributed by atoms with Gasteiger partial charge in [0.15, 0.2) is 0 Å². The van der Waals surface area contributed by atoms with Crippen LogP contribution in [0.3, 0.4) is 0 Å². The SMILES string of the molecule is CCC[C@H]1CCCCN1c1ccc(F)cc1. The molecular weight excluding hydrogens is 201 g/mol. The van der Waals surface area contributed by atoms with E-state index in [1.165, 1.54) is 37.8 Å². The van der Waals surface area contributed by atoms with E-state index in [0.717, 1.165) is 6.54 Å². The van der Waals surface area contributed by atoms with E-state index in [9.17, 15) is 4.39 Å². The van der Waals surface area contributed by atoms with Gasteiger partial charge < -0.3 is 4.90 Å². The van der Waals surface area contributed by atoms with Crippen LogP contribution in [-0.2, 0) is 0 Å². The number of anilines is 1. The van der Waals surface area contributed by atoms with E-state index in [0.29, 0.717) is 6.04 Å². The predicted molar refractivity (Wildman–Crippen MR) is 66.3 cm³/mol. The molecule has 0 radical (unpaired) electrons. The van der Waals surface area contributed by atoms with Crippen molar-refractivity contribution >= 4 is 5.69 Å². The molecule has 2 heteroatoms. The third-order valence-corrected chi connectivity index (χ3v) is 3.41. The number of hydrogen-bond donors (Lipinski definition) is 0. The molecule has 0 N–H and O–H groups in total. The fourth-order valence-corrected chi connectivity index (χ4v) is 2.61. The lowest BCUT2D eigenvalue weighted by atomic mass is 9.97. The van der Waals surface area contributed by atoms with E-state index in [-0.39, 0.29) is 5.82 Å². The van der Waals surface area contributed by atoms with Crippen LogP contribution in [0, 0.1) is 5.82 Å². The average Bonchev–Trinajstić information content (AvgIpc) is 2.32. The maximum absolute atomic E-state index is 12.9. The van der Waals surface area contributed by atoms with Crippen molar-refractivity contribution in [1.29, 1.82) is 0 Å². The molecule has 0 aliphatic carbocycles. The summed E-state index contributed by atoms with van der Waals surface area (Å²) >= 11 is 0. The van der Waals surface area contributed by atoms with Gasteiger partial charge >= 0.3 is 0 Å². The first-order valence-corrected chi connectivity index (χ1v) is 6.33. The third kappa shape index (κ3) is 2.55. The van der Waals surface area contributed by atoms with Crippen LogP contribution in [0.2, 0.25) is 0 Å². The lowest BCUT2D eigenvalue weighted by molar-refractivity contribution is 0.434. The van der Waals surface area contributed by atoms with Crippen molar-refractivity contribution in [3.8, 4) is 0 Å². The Hall–Kier alpha value is -1.05. The Morgan fingerprint density at radius 1 is 1.25 bits per heavy atom. The van der Waals surface area contributed by atoms with Gasteiger partial charge in [-0.25, -0.2) is 4.39 Å². The Bertz CT molecular complexity index is 318. The molecule has 1 aromatic rings. The van der Waals surface area contributed by atoms with Crippen LogP contribution in [0.4, 0.5) is 10.1 Å². The van der Waals surface area contributed by atoms with Gasteiger partial charge in [0, 0.05) is 18.3 Å². The molecule has 0 aromatic heterocycles. The Morgan fingerprint density at radius 3 is 2.69 bits per heavy atom. The highest BCUT2D eigenvalue weighted by Crippen LogP contribution is 2.27. The zero-order valence-corrected chi connectivity index (χ0v) is 9.95. The van der Waals surface area contributed by atoms with Crippen molar-refractivity contribution in [2.45, 2.75) is 45.1 Å². The zero-order chi connectivity index (χ0) is 11.4. The first kappa shape index (κ1) is 11.4. The Morgan fingerprint density at radius 2 is 2.00 bits per heavy atom. The minimum Gasteiger partial charge on any atom is -0.369 e. The van der Waals surface area contributed by atoms with Gasteiger partial charge in [-0.2, -0.15) is 0 Å². The molecule has 88 valence electrons. The standard InChI is InChI=1S/C14H20FN/c1-2-5-13-6-3-4-11-16(13)14-9-7-12(15)8-10-14/h7-10,13H,2-6,11H2,1H3/t13-/m0/s1. The van der Waals surface area contributed by atoms with Crippen LogP contribution in [0.1, 0.15) is 39.0 Å². The van der Waals surface area contributed by atoms with E-state index in [2.05, 4.69) is 11.8 Å². The summed E-state index contributed by atoms with van der Waals surface area (Å²) in [7, 11) is 0. The second kappa shape index (κ2) is 5.33. The number of halogens is 1. The largest absolute Gasteiger partial charge is 0.369 e. The molecule has 0 bridgehead atoms. The Kier molecular flexibility index (Phi) is 3.81. The minimum atomic E-state index is -0.146. The quantitative estimate of drug-likeness (QED) is 0.746. The summed E-state index contributed by atoms with van der Waals surface area (Å²) < 4.78 is 12.9. The van der Waals surface area contributed by atoms with Crippen LogP contribution < -0.4 is 4.90 Å². The highest BCUT2D eigenvalue weighted by molar-refractivity contribution is 5.47. The van der Waals surface area contributed by atoms with Crippen LogP contribution in [0.15, 0.2) is 24.3 Å². The van der Waals surface area contributed by atoms with E-state index < -0.39 is 0 Å². The molecule has 0 saturated carbocycles. The van der Waals surface area contributed by atoms with Crippen molar-refractivity contribution in [3.63, 3.8) is 0 Å². The molecule has 1 aliphatic heterocycles. The first-order chi connectivity index (χ1) is 7.81. The van der Waals surface area contributed by atoms with Crippen LogP contribution in [0.25, 0.3) is 0 Å². The monoisotopic (exact) mass is 221 g/mol. The molecule has 1 heterocycles. The van der Waals surface area contributed by atoms with Crippen molar-refractivity contribution in [2.75, 3.05) is 11.4 Å². The van der Waals surface area contributed by atoms with E-state index in [4.69, 9.17) is 0 Å². The lowest BCUT2D eigenvalue weighted by Gasteiger charge is -2.37. The Balaban J connectivity index is 2.13. The third-order valence-electron chi connectivity index (χ3n) is 3.41. The smallest absolute Gasteiger partial charge is 0.123 e. The van der Waals surface area contributed by atoms with Crippen molar-refractivity contribution in [3.05, 3.63) is 30.1 Å². The molecule has 1 aliphatic rings. The molecule has 2 rings (SSSR count). The van der Waals surface area contributed by atoms with Crippen LogP contribution in [0.5, 0.6) is 0 Å². The molecule has 0 unspecified atom stereocenters. The molecule has 1 fully saturated rings. The van der Waals surface area contributed by atoms with E-state index in [1.807, 2.05) is 12.1 Å². The fraction of sp³-hybridized carbons (Fsp3) is 0.571. The number of benzene rings is 1. The van der Waals surface area contributed by atoms with Crippen LogP contribution in [-0.4, -0.2) is 12.6 Å². The highest BCUT2D eigenvalue weighted by atomic mass is 19.1.